The Kier molecular flexibility index (Phi) is 6.32. The SMILES string of the molecule is CC(OC(=O)c1ccc(C(F)(F)F)cc1)C(=O)NCCc1ccncc1. The number of esters is 1. The van der Waals surface area contributed by atoms with Crippen molar-refractivity contribution in [3.8, 4) is 0 Å². The fourth-order valence-electron chi connectivity index (χ4n) is 2.10. The van der Waals surface area contributed by atoms with Crippen LogP contribution in [-0.2, 0) is 22.1 Å². The molecule has 0 bridgehead atoms. The van der Waals surface area contributed by atoms with E-state index >= 15 is 0 Å². The van der Waals surface area contributed by atoms with Crippen LogP contribution in [0.4, 0.5) is 13.2 Å². The molecule has 1 amide bonds. The molecule has 2 rings (SSSR count). The van der Waals surface area contributed by atoms with E-state index in [4.69, 9.17) is 4.74 Å². The number of nitrogens with zero attached hydrogens (tertiary/aromatic N) is 1. The molecule has 1 N–H and O–H groups in total. The number of rotatable bonds is 6. The summed E-state index contributed by atoms with van der Waals surface area (Å²) in [6.45, 7) is 1.74. The minimum absolute atomic E-state index is 0.0607. The van der Waals surface area contributed by atoms with Crippen molar-refractivity contribution >= 4 is 11.9 Å². The first-order valence-electron chi connectivity index (χ1n) is 7.82. The summed E-state index contributed by atoms with van der Waals surface area (Å²) in [5.41, 5.74) is 0.0695. The van der Waals surface area contributed by atoms with Crippen molar-refractivity contribution in [2.24, 2.45) is 0 Å². The molecule has 0 spiro atoms. The highest BCUT2D eigenvalue weighted by atomic mass is 19.4. The Morgan fingerprint density at radius 3 is 2.31 bits per heavy atom. The van der Waals surface area contributed by atoms with Gasteiger partial charge in [-0.25, -0.2) is 4.79 Å². The second-order valence-corrected chi connectivity index (χ2v) is 5.52. The summed E-state index contributed by atoms with van der Waals surface area (Å²) in [4.78, 5) is 27.8. The number of nitrogens with one attached hydrogen (secondary N) is 1. The maximum atomic E-state index is 12.5. The van der Waals surface area contributed by atoms with Gasteiger partial charge in [-0.15, -0.1) is 0 Å². The van der Waals surface area contributed by atoms with E-state index in [1.54, 1.807) is 12.4 Å². The van der Waals surface area contributed by atoms with E-state index in [0.717, 1.165) is 29.8 Å². The van der Waals surface area contributed by atoms with E-state index in [1.165, 1.54) is 6.92 Å². The van der Waals surface area contributed by atoms with E-state index < -0.39 is 29.7 Å². The number of benzene rings is 1. The summed E-state index contributed by atoms with van der Waals surface area (Å²) in [5.74, 6) is -1.35. The fraction of sp³-hybridized carbons (Fsp3) is 0.278. The Morgan fingerprint density at radius 1 is 1.12 bits per heavy atom. The molecule has 1 atom stereocenters. The smallest absolute Gasteiger partial charge is 0.416 e. The van der Waals surface area contributed by atoms with Crippen molar-refractivity contribution in [3.63, 3.8) is 0 Å². The van der Waals surface area contributed by atoms with E-state index in [-0.39, 0.29) is 5.56 Å². The maximum absolute atomic E-state index is 12.5. The Morgan fingerprint density at radius 2 is 1.73 bits per heavy atom. The average molecular weight is 366 g/mol. The summed E-state index contributed by atoms with van der Waals surface area (Å²) in [6, 6.07) is 7.24. The van der Waals surface area contributed by atoms with E-state index in [2.05, 4.69) is 10.3 Å². The Bertz CT molecular complexity index is 747. The van der Waals surface area contributed by atoms with Crippen LogP contribution in [0.3, 0.4) is 0 Å². The normalized spacial score (nSPS) is 12.3. The average Bonchev–Trinajstić information content (AvgIpc) is 2.61. The first-order valence-corrected chi connectivity index (χ1v) is 7.82. The van der Waals surface area contributed by atoms with Gasteiger partial charge in [0.05, 0.1) is 11.1 Å². The Balaban J connectivity index is 1.83. The molecule has 0 saturated carbocycles. The van der Waals surface area contributed by atoms with Crippen molar-refractivity contribution in [2.45, 2.75) is 25.6 Å². The van der Waals surface area contributed by atoms with Gasteiger partial charge in [-0.2, -0.15) is 13.2 Å². The summed E-state index contributed by atoms with van der Waals surface area (Å²) >= 11 is 0. The van der Waals surface area contributed by atoms with Crippen molar-refractivity contribution in [1.82, 2.24) is 10.3 Å². The van der Waals surface area contributed by atoms with Gasteiger partial charge in [0, 0.05) is 18.9 Å². The van der Waals surface area contributed by atoms with E-state index in [1.807, 2.05) is 12.1 Å². The van der Waals surface area contributed by atoms with Gasteiger partial charge in [0.2, 0.25) is 0 Å². The molecule has 0 aliphatic rings. The number of hydrogen-bond donors (Lipinski definition) is 1. The number of pyridine rings is 1. The summed E-state index contributed by atoms with van der Waals surface area (Å²) in [6.07, 6.45) is -1.67. The van der Waals surface area contributed by atoms with Crippen LogP contribution < -0.4 is 5.32 Å². The lowest BCUT2D eigenvalue weighted by molar-refractivity contribution is -0.137. The third-order valence-electron chi connectivity index (χ3n) is 3.56. The minimum atomic E-state index is -4.48. The fourth-order valence-corrected chi connectivity index (χ4v) is 2.10. The predicted molar refractivity (Wildman–Crippen MR) is 87.3 cm³/mol. The molecule has 8 heteroatoms. The van der Waals surface area contributed by atoms with Crippen LogP contribution in [0.25, 0.3) is 0 Å². The molecule has 26 heavy (non-hydrogen) atoms. The van der Waals surface area contributed by atoms with Gasteiger partial charge >= 0.3 is 12.1 Å². The van der Waals surface area contributed by atoms with Crippen molar-refractivity contribution in [1.29, 1.82) is 0 Å². The molecular formula is C18H17F3N2O3. The lowest BCUT2D eigenvalue weighted by atomic mass is 10.1. The molecule has 0 aliphatic heterocycles. The lowest BCUT2D eigenvalue weighted by Crippen LogP contribution is -2.36. The van der Waals surface area contributed by atoms with E-state index in [0.29, 0.717) is 13.0 Å². The third kappa shape index (κ3) is 5.58. The highest BCUT2D eigenvalue weighted by Crippen LogP contribution is 2.29. The maximum Gasteiger partial charge on any atom is 0.416 e. The number of halogens is 3. The summed E-state index contributed by atoms with van der Waals surface area (Å²) < 4.78 is 42.5. The van der Waals surface area contributed by atoms with Crippen LogP contribution in [0.5, 0.6) is 0 Å². The van der Waals surface area contributed by atoms with Crippen LogP contribution in [0, 0.1) is 0 Å². The van der Waals surface area contributed by atoms with Gasteiger partial charge in [0.15, 0.2) is 6.10 Å². The Labute approximate surface area is 148 Å². The number of aromatic nitrogens is 1. The zero-order valence-electron chi connectivity index (χ0n) is 13.9. The number of ether oxygens (including phenoxy) is 1. The predicted octanol–water partition coefficient (Wildman–Crippen LogP) is 3.00. The van der Waals surface area contributed by atoms with Gasteiger partial charge in [-0.05, 0) is 55.3 Å². The number of carbonyl (C=O) groups is 2. The van der Waals surface area contributed by atoms with E-state index in [9.17, 15) is 22.8 Å². The molecule has 0 radical (unpaired) electrons. The van der Waals surface area contributed by atoms with Gasteiger partial charge in [0.25, 0.3) is 5.91 Å². The van der Waals surface area contributed by atoms with Crippen molar-refractivity contribution in [2.75, 3.05) is 6.54 Å². The van der Waals surface area contributed by atoms with Gasteiger partial charge in [-0.1, -0.05) is 0 Å². The molecule has 2 aromatic rings. The van der Waals surface area contributed by atoms with Crippen LogP contribution in [0.1, 0.15) is 28.4 Å². The largest absolute Gasteiger partial charge is 0.449 e. The molecule has 138 valence electrons. The molecule has 1 unspecified atom stereocenters. The molecule has 1 heterocycles. The Hall–Kier alpha value is -2.90. The monoisotopic (exact) mass is 366 g/mol. The second kappa shape index (κ2) is 8.46. The molecule has 0 saturated heterocycles. The van der Waals surface area contributed by atoms with Crippen molar-refractivity contribution in [3.05, 3.63) is 65.5 Å². The van der Waals surface area contributed by atoms with Crippen LogP contribution in [0.2, 0.25) is 0 Å². The number of amides is 1. The zero-order valence-corrected chi connectivity index (χ0v) is 13.9. The highest BCUT2D eigenvalue weighted by Gasteiger charge is 2.30. The van der Waals surface area contributed by atoms with Gasteiger partial charge in [-0.3, -0.25) is 9.78 Å². The van der Waals surface area contributed by atoms with Crippen LogP contribution in [0.15, 0.2) is 48.8 Å². The quantitative estimate of drug-likeness (QED) is 0.798. The number of hydrogen-bond acceptors (Lipinski definition) is 4. The first kappa shape index (κ1) is 19.4. The molecule has 1 aromatic heterocycles. The molecule has 1 aromatic carbocycles. The lowest BCUT2D eigenvalue weighted by Gasteiger charge is -2.14. The van der Waals surface area contributed by atoms with Gasteiger partial charge < -0.3 is 10.1 Å². The number of alkyl halides is 3. The highest BCUT2D eigenvalue weighted by molar-refractivity contribution is 5.92. The molecule has 0 fully saturated rings. The topological polar surface area (TPSA) is 68.3 Å². The standard InChI is InChI=1S/C18H17F3N2O3/c1-12(16(24)23-11-8-13-6-9-22-10-7-13)26-17(25)14-2-4-15(5-3-14)18(19,20)21/h2-7,9-10,12H,8,11H2,1H3,(H,23,24). The third-order valence-corrected chi connectivity index (χ3v) is 3.56. The second-order valence-electron chi connectivity index (χ2n) is 5.52. The molecule has 5 nitrogen and oxygen atoms in total. The summed E-state index contributed by atoms with van der Waals surface area (Å²) in [7, 11) is 0. The van der Waals surface area contributed by atoms with Gasteiger partial charge in [0.1, 0.15) is 0 Å². The number of carbonyl (C=O) groups excluding carboxylic acids is 2. The van der Waals surface area contributed by atoms with Crippen molar-refractivity contribution < 1.29 is 27.5 Å². The van der Waals surface area contributed by atoms with Crippen LogP contribution in [-0.4, -0.2) is 29.5 Å². The molecular weight excluding hydrogens is 349 g/mol. The zero-order chi connectivity index (χ0) is 19.2. The first-order chi connectivity index (χ1) is 12.3. The summed E-state index contributed by atoms with van der Waals surface area (Å²) in [5, 5.41) is 2.63. The minimum Gasteiger partial charge on any atom is -0.449 e. The van der Waals surface area contributed by atoms with Crippen LogP contribution >= 0.6 is 0 Å². The molecule has 0 aliphatic carbocycles.